The van der Waals surface area contributed by atoms with Gasteiger partial charge < -0.3 is 14.4 Å². The molecule has 1 atom stereocenters. The second kappa shape index (κ2) is 9.26. The van der Waals surface area contributed by atoms with E-state index in [2.05, 4.69) is 31.8 Å². The molecule has 1 aliphatic rings. The number of nitrogens with zero attached hydrogens (tertiary/aromatic N) is 2. The zero-order valence-electron chi connectivity index (χ0n) is 18.1. The van der Waals surface area contributed by atoms with E-state index in [0.717, 1.165) is 18.4 Å². The maximum absolute atomic E-state index is 12.4. The Hall–Kier alpha value is -2.30. The molecule has 2 heterocycles. The van der Waals surface area contributed by atoms with Crippen molar-refractivity contribution in [3.05, 3.63) is 42.3 Å². The molecule has 5 nitrogen and oxygen atoms in total. The molecule has 1 aromatic rings. The van der Waals surface area contributed by atoms with E-state index >= 15 is 0 Å². The van der Waals surface area contributed by atoms with Gasteiger partial charge in [-0.25, -0.2) is 4.79 Å². The van der Waals surface area contributed by atoms with Crippen LogP contribution in [0.2, 0.25) is 0 Å². The van der Waals surface area contributed by atoms with Gasteiger partial charge in [-0.15, -0.1) is 0 Å². The Balaban J connectivity index is 1.92. The van der Waals surface area contributed by atoms with Gasteiger partial charge in [0.1, 0.15) is 18.0 Å². The number of ether oxygens (including phenoxy) is 2. The van der Waals surface area contributed by atoms with Crippen LogP contribution in [0.4, 0.5) is 4.79 Å². The second-order valence-electron chi connectivity index (χ2n) is 9.32. The first-order chi connectivity index (χ1) is 13.0. The Morgan fingerprint density at radius 1 is 1.21 bits per heavy atom. The normalized spacial score (nSPS) is 18.2. The molecule has 0 N–H and O–H groups in total. The molecule has 28 heavy (non-hydrogen) atoms. The molecule has 0 aromatic carbocycles. The first kappa shape index (κ1) is 22.0. The van der Waals surface area contributed by atoms with Crippen LogP contribution in [-0.4, -0.2) is 40.8 Å². The van der Waals surface area contributed by atoms with Crippen LogP contribution in [0.15, 0.2) is 36.7 Å². The summed E-state index contributed by atoms with van der Waals surface area (Å²) >= 11 is 0. The first-order valence-electron chi connectivity index (χ1n) is 9.97. The minimum atomic E-state index is -0.489. The zero-order chi connectivity index (χ0) is 20.8. The lowest BCUT2D eigenvalue weighted by Gasteiger charge is -2.28. The number of hydrogen-bond acceptors (Lipinski definition) is 4. The van der Waals surface area contributed by atoms with Crippen molar-refractivity contribution in [1.82, 2.24) is 9.88 Å². The molecule has 0 saturated carbocycles. The molecule has 1 saturated heterocycles. The zero-order valence-corrected chi connectivity index (χ0v) is 18.1. The van der Waals surface area contributed by atoms with Crippen molar-refractivity contribution in [2.75, 3.05) is 13.2 Å². The van der Waals surface area contributed by atoms with Crippen molar-refractivity contribution < 1.29 is 14.3 Å². The van der Waals surface area contributed by atoms with E-state index < -0.39 is 5.60 Å². The van der Waals surface area contributed by atoms with Crippen molar-refractivity contribution in [3.63, 3.8) is 0 Å². The monoisotopic (exact) mass is 386 g/mol. The third-order valence-electron chi connectivity index (χ3n) is 4.18. The fraction of sp³-hybridized carbons (Fsp3) is 0.565. The summed E-state index contributed by atoms with van der Waals surface area (Å²) in [6.07, 6.45) is 13.3. The van der Waals surface area contributed by atoms with E-state index in [4.69, 9.17) is 9.47 Å². The topological polar surface area (TPSA) is 51.7 Å². The molecule has 2 rings (SSSR count). The number of carbonyl (C=O) groups excluding carboxylic acids is 1. The fourth-order valence-electron chi connectivity index (χ4n) is 2.88. The molecule has 1 aromatic heterocycles. The molecule has 5 heteroatoms. The number of likely N-dealkylation sites (tertiary alicyclic amines) is 1. The highest BCUT2D eigenvalue weighted by atomic mass is 16.6. The van der Waals surface area contributed by atoms with Crippen molar-refractivity contribution in [1.29, 1.82) is 0 Å². The van der Waals surface area contributed by atoms with E-state index in [9.17, 15) is 4.79 Å². The molecule has 1 aliphatic heterocycles. The van der Waals surface area contributed by atoms with Crippen molar-refractivity contribution in [2.45, 2.75) is 66.0 Å². The summed E-state index contributed by atoms with van der Waals surface area (Å²) in [5.74, 6) is 0.706. The summed E-state index contributed by atoms with van der Waals surface area (Å²) < 4.78 is 11.4. The lowest BCUT2D eigenvalue weighted by molar-refractivity contribution is 0.0187. The van der Waals surface area contributed by atoms with Gasteiger partial charge in [-0.1, -0.05) is 45.1 Å². The number of aromatic nitrogens is 1. The lowest BCUT2D eigenvalue weighted by Crippen LogP contribution is -2.42. The van der Waals surface area contributed by atoms with Gasteiger partial charge in [0.15, 0.2) is 0 Å². The van der Waals surface area contributed by atoms with Crippen LogP contribution in [0.25, 0.3) is 6.08 Å². The Kier molecular flexibility index (Phi) is 7.28. The van der Waals surface area contributed by atoms with Gasteiger partial charge in [-0.2, -0.15) is 0 Å². The van der Waals surface area contributed by atoms with Gasteiger partial charge in [0, 0.05) is 12.7 Å². The molecule has 0 spiro atoms. The van der Waals surface area contributed by atoms with Crippen molar-refractivity contribution in [2.24, 2.45) is 5.41 Å². The summed E-state index contributed by atoms with van der Waals surface area (Å²) in [5, 5.41) is 0. The van der Waals surface area contributed by atoms with Crippen molar-refractivity contribution >= 4 is 12.2 Å². The quantitative estimate of drug-likeness (QED) is 0.629. The number of hydrogen-bond donors (Lipinski definition) is 0. The van der Waals surface area contributed by atoms with Gasteiger partial charge in [-0.05, 0) is 50.7 Å². The number of pyridine rings is 1. The molecule has 1 fully saturated rings. The molecule has 1 amide bonds. The molecule has 0 radical (unpaired) electrons. The van der Waals surface area contributed by atoms with E-state index in [-0.39, 0.29) is 17.6 Å². The van der Waals surface area contributed by atoms with Crippen LogP contribution >= 0.6 is 0 Å². The highest BCUT2D eigenvalue weighted by Crippen LogP contribution is 2.22. The Labute approximate surface area is 169 Å². The van der Waals surface area contributed by atoms with Gasteiger partial charge in [0.2, 0.25) is 0 Å². The van der Waals surface area contributed by atoms with Crippen LogP contribution < -0.4 is 4.74 Å². The van der Waals surface area contributed by atoms with Gasteiger partial charge in [0.05, 0.1) is 12.2 Å². The van der Waals surface area contributed by atoms with Gasteiger partial charge in [-0.3, -0.25) is 4.98 Å². The molecule has 154 valence electrons. The smallest absolute Gasteiger partial charge is 0.410 e. The molecule has 0 bridgehead atoms. The van der Waals surface area contributed by atoms with Crippen LogP contribution in [0.1, 0.15) is 59.9 Å². The summed E-state index contributed by atoms with van der Waals surface area (Å²) in [6.45, 7) is 13.3. The van der Waals surface area contributed by atoms with Crippen LogP contribution in [0, 0.1) is 5.41 Å². The third-order valence-corrected chi connectivity index (χ3v) is 4.18. The van der Waals surface area contributed by atoms with E-state index in [1.165, 1.54) is 0 Å². The van der Waals surface area contributed by atoms with Gasteiger partial charge in [0.25, 0.3) is 0 Å². The van der Waals surface area contributed by atoms with Crippen LogP contribution in [-0.2, 0) is 4.74 Å². The Morgan fingerprint density at radius 3 is 2.64 bits per heavy atom. The highest BCUT2D eigenvalue weighted by molar-refractivity contribution is 5.69. The molecular formula is C23H34N2O3. The van der Waals surface area contributed by atoms with Gasteiger partial charge >= 0.3 is 6.09 Å². The molecular weight excluding hydrogens is 352 g/mol. The maximum atomic E-state index is 12.4. The summed E-state index contributed by atoms with van der Waals surface area (Å²) in [6, 6.07) is 1.99. The number of allylic oxidation sites excluding steroid dienone is 3. The first-order valence-corrected chi connectivity index (χ1v) is 9.97. The summed E-state index contributed by atoms with van der Waals surface area (Å²) in [7, 11) is 0. The highest BCUT2D eigenvalue weighted by Gasteiger charge is 2.32. The SMILES string of the molecule is CC(C)(C)/C=C/C=C/c1cncc(OC[C@@H]2CCCN2C(=O)OC(C)(C)C)c1. The number of rotatable bonds is 5. The standard InChI is InChI=1S/C23H34N2O3/c1-22(2,3)12-8-7-10-18-14-20(16-24-15-18)27-17-19-11-9-13-25(19)21(26)28-23(4,5)6/h7-8,10,12,14-16,19H,9,11,13,17H2,1-6H3/b10-7+,12-8+/t19-/m0/s1. The minimum Gasteiger partial charge on any atom is -0.490 e. The maximum Gasteiger partial charge on any atom is 0.410 e. The second-order valence-corrected chi connectivity index (χ2v) is 9.32. The average molecular weight is 387 g/mol. The molecule has 0 unspecified atom stereocenters. The predicted molar refractivity (Wildman–Crippen MR) is 113 cm³/mol. The van der Waals surface area contributed by atoms with E-state index in [1.807, 2.05) is 45.1 Å². The predicted octanol–water partition coefficient (Wildman–Crippen LogP) is 5.48. The third kappa shape index (κ3) is 7.75. The average Bonchev–Trinajstić information content (AvgIpc) is 3.04. The minimum absolute atomic E-state index is 0.0313. The fourth-order valence-corrected chi connectivity index (χ4v) is 2.88. The summed E-state index contributed by atoms with van der Waals surface area (Å²) in [4.78, 5) is 18.4. The summed E-state index contributed by atoms with van der Waals surface area (Å²) in [5.41, 5.74) is 0.651. The van der Waals surface area contributed by atoms with E-state index in [1.54, 1.807) is 17.3 Å². The largest absolute Gasteiger partial charge is 0.490 e. The van der Waals surface area contributed by atoms with E-state index in [0.29, 0.717) is 18.9 Å². The Bertz CT molecular complexity index is 711. The Morgan fingerprint density at radius 2 is 1.96 bits per heavy atom. The lowest BCUT2D eigenvalue weighted by atomic mass is 9.96. The van der Waals surface area contributed by atoms with Crippen LogP contribution in [0.3, 0.4) is 0 Å². The van der Waals surface area contributed by atoms with Crippen LogP contribution in [0.5, 0.6) is 5.75 Å². The number of amides is 1. The number of carbonyl (C=O) groups is 1. The molecule has 0 aliphatic carbocycles. The van der Waals surface area contributed by atoms with Crippen molar-refractivity contribution in [3.8, 4) is 5.75 Å².